The number of anilines is 1. The molecule has 11 heteroatoms. The zero-order valence-corrected chi connectivity index (χ0v) is 19.8. The highest BCUT2D eigenvalue weighted by Crippen LogP contribution is 2.31. The number of hydrogen-bond donors (Lipinski definition) is 2. The molecule has 0 atom stereocenters. The van der Waals surface area contributed by atoms with Gasteiger partial charge in [0.1, 0.15) is 11.4 Å². The van der Waals surface area contributed by atoms with Crippen LogP contribution in [-0.4, -0.2) is 49.0 Å². The summed E-state index contributed by atoms with van der Waals surface area (Å²) in [4.78, 5) is 17.0. The first kappa shape index (κ1) is 23.7. The summed E-state index contributed by atoms with van der Waals surface area (Å²) >= 11 is 1.41. The quantitative estimate of drug-likeness (QED) is 0.656. The van der Waals surface area contributed by atoms with E-state index >= 15 is 0 Å². The lowest BCUT2D eigenvalue weighted by Gasteiger charge is -2.33. The van der Waals surface area contributed by atoms with E-state index in [1.165, 1.54) is 30.5 Å². The molecule has 0 saturated heterocycles. The van der Waals surface area contributed by atoms with Crippen molar-refractivity contribution in [1.82, 2.24) is 14.0 Å². The topological polar surface area (TPSA) is 101 Å². The predicted molar refractivity (Wildman–Crippen MR) is 120 cm³/mol. The van der Waals surface area contributed by atoms with E-state index in [-0.39, 0.29) is 24.3 Å². The van der Waals surface area contributed by atoms with Crippen molar-refractivity contribution < 1.29 is 22.3 Å². The van der Waals surface area contributed by atoms with Gasteiger partial charge in [-0.15, -0.1) is 0 Å². The highest BCUT2D eigenvalue weighted by Gasteiger charge is 2.34. The Morgan fingerprint density at radius 2 is 1.97 bits per heavy atom. The number of rotatable bonds is 6. The van der Waals surface area contributed by atoms with E-state index in [0.29, 0.717) is 0 Å². The lowest BCUT2D eigenvalue weighted by molar-refractivity contribution is 0.0363. The highest BCUT2D eigenvalue weighted by atomic mass is 32.2. The molecule has 3 rings (SSSR count). The van der Waals surface area contributed by atoms with Crippen LogP contribution in [0.3, 0.4) is 0 Å². The standard InChI is InChI=1S/C20H29FN4O4S2/c1-20(2,3)29-19(26)25(31(27,28)22-4)12-13-5-8-15(9-6-13)23-18-24-16-10-7-14(21)11-17(16)30-18/h7,10-11,13,15,22H,5-6,8-9,12H2,1-4H3,(H,23,24). The predicted octanol–water partition coefficient (Wildman–Crippen LogP) is 4.11. The van der Waals surface area contributed by atoms with Gasteiger partial charge in [0.2, 0.25) is 0 Å². The molecule has 0 aliphatic heterocycles. The average Bonchev–Trinajstić information content (AvgIpc) is 3.07. The van der Waals surface area contributed by atoms with Crippen LogP contribution in [0.1, 0.15) is 46.5 Å². The number of thiazole rings is 1. The second-order valence-corrected chi connectivity index (χ2v) is 11.5. The molecule has 0 spiro atoms. The van der Waals surface area contributed by atoms with E-state index in [1.54, 1.807) is 26.8 Å². The van der Waals surface area contributed by atoms with E-state index in [4.69, 9.17) is 4.74 Å². The number of hydrogen-bond acceptors (Lipinski definition) is 7. The Bertz CT molecular complexity index is 1030. The molecule has 1 amide bonds. The third-order valence-electron chi connectivity index (χ3n) is 5.09. The molecule has 0 bridgehead atoms. The summed E-state index contributed by atoms with van der Waals surface area (Å²) in [7, 11) is -2.68. The van der Waals surface area contributed by atoms with Gasteiger partial charge in [-0.3, -0.25) is 0 Å². The summed E-state index contributed by atoms with van der Waals surface area (Å²) in [6.45, 7) is 5.17. The summed E-state index contributed by atoms with van der Waals surface area (Å²) in [5.41, 5.74) is -0.0341. The number of aromatic nitrogens is 1. The van der Waals surface area contributed by atoms with Crippen molar-refractivity contribution in [2.75, 3.05) is 18.9 Å². The Hall–Kier alpha value is -1.98. The van der Waals surface area contributed by atoms with E-state index in [0.717, 1.165) is 45.3 Å². The van der Waals surface area contributed by atoms with Gasteiger partial charge in [0, 0.05) is 19.6 Å². The Labute approximate surface area is 186 Å². The van der Waals surface area contributed by atoms with Crippen LogP contribution in [0.15, 0.2) is 18.2 Å². The molecular formula is C20H29FN4O4S2. The molecular weight excluding hydrogens is 443 g/mol. The largest absolute Gasteiger partial charge is 0.443 e. The Morgan fingerprint density at radius 3 is 2.58 bits per heavy atom. The number of fused-ring (bicyclic) bond motifs is 1. The van der Waals surface area contributed by atoms with Crippen LogP contribution in [0.2, 0.25) is 0 Å². The fraction of sp³-hybridized carbons (Fsp3) is 0.600. The zero-order valence-electron chi connectivity index (χ0n) is 18.1. The summed E-state index contributed by atoms with van der Waals surface area (Å²) in [5, 5.41) is 4.16. The third kappa shape index (κ3) is 6.27. The molecule has 8 nitrogen and oxygen atoms in total. The third-order valence-corrected chi connectivity index (χ3v) is 7.44. The van der Waals surface area contributed by atoms with E-state index in [9.17, 15) is 17.6 Å². The molecule has 1 heterocycles. The monoisotopic (exact) mass is 472 g/mol. The Morgan fingerprint density at radius 1 is 1.29 bits per heavy atom. The molecule has 1 aromatic carbocycles. The average molecular weight is 473 g/mol. The number of amides is 1. The first-order chi connectivity index (χ1) is 14.5. The summed E-state index contributed by atoms with van der Waals surface area (Å²) < 4.78 is 47.2. The number of carbonyl (C=O) groups is 1. The molecule has 2 N–H and O–H groups in total. The molecule has 1 aromatic heterocycles. The van der Waals surface area contributed by atoms with Gasteiger partial charge in [0.25, 0.3) is 0 Å². The molecule has 1 aliphatic carbocycles. The maximum Gasteiger partial charge on any atom is 0.425 e. The van der Waals surface area contributed by atoms with E-state index < -0.39 is 21.9 Å². The molecule has 0 unspecified atom stereocenters. The van der Waals surface area contributed by atoms with Gasteiger partial charge in [-0.2, -0.15) is 12.7 Å². The van der Waals surface area contributed by atoms with Crippen molar-refractivity contribution in [2.45, 2.75) is 58.1 Å². The summed E-state index contributed by atoms with van der Waals surface area (Å²) in [6, 6.07) is 4.73. The van der Waals surface area contributed by atoms with E-state index in [1.807, 2.05) is 0 Å². The second kappa shape index (κ2) is 9.25. The first-order valence-corrected chi connectivity index (χ1v) is 12.5. The van der Waals surface area contributed by atoms with Crippen molar-refractivity contribution >= 4 is 43.0 Å². The van der Waals surface area contributed by atoms with Crippen LogP contribution in [-0.2, 0) is 14.9 Å². The van der Waals surface area contributed by atoms with Gasteiger partial charge in [0.05, 0.1) is 10.2 Å². The van der Waals surface area contributed by atoms with Crippen LogP contribution in [0.25, 0.3) is 10.2 Å². The minimum Gasteiger partial charge on any atom is -0.443 e. The van der Waals surface area contributed by atoms with Crippen molar-refractivity contribution in [3.63, 3.8) is 0 Å². The Kier molecular flexibility index (Phi) is 7.07. The molecule has 0 radical (unpaired) electrons. The zero-order chi connectivity index (χ0) is 22.8. The number of nitrogens with one attached hydrogen (secondary N) is 2. The minimum atomic E-state index is -3.96. The van der Waals surface area contributed by atoms with Crippen molar-refractivity contribution in [1.29, 1.82) is 0 Å². The fourth-order valence-corrected chi connectivity index (χ4v) is 5.38. The van der Waals surface area contributed by atoms with Gasteiger partial charge in [-0.1, -0.05) is 11.3 Å². The second-order valence-electron chi connectivity index (χ2n) is 8.71. The summed E-state index contributed by atoms with van der Waals surface area (Å²) in [6.07, 6.45) is 2.28. The molecule has 1 aliphatic rings. The lowest BCUT2D eigenvalue weighted by Crippen LogP contribution is -2.48. The van der Waals surface area contributed by atoms with Gasteiger partial charge in [-0.05, 0) is 70.6 Å². The maximum atomic E-state index is 13.4. The van der Waals surface area contributed by atoms with Gasteiger partial charge < -0.3 is 10.1 Å². The summed E-state index contributed by atoms with van der Waals surface area (Å²) in [5.74, 6) is -0.243. The molecule has 172 valence electrons. The van der Waals surface area contributed by atoms with Crippen LogP contribution in [0, 0.1) is 11.7 Å². The van der Waals surface area contributed by atoms with Crippen LogP contribution in [0.4, 0.5) is 14.3 Å². The smallest absolute Gasteiger partial charge is 0.425 e. The molecule has 1 saturated carbocycles. The number of halogens is 1. The van der Waals surface area contributed by atoms with E-state index in [2.05, 4.69) is 15.0 Å². The van der Waals surface area contributed by atoms with Crippen LogP contribution in [0.5, 0.6) is 0 Å². The highest BCUT2D eigenvalue weighted by molar-refractivity contribution is 7.87. The van der Waals surface area contributed by atoms with Crippen LogP contribution < -0.4 is 10.0 Å². The molecule has 2 aromatic rings. The lowest BCUT2D eigenvalue weighted by atomic mass is 9.86. The normalized spacial score (nSPS) is 19.9. The minimum absolute atomic E-state index is 0.0400. The van der Waals surface area contributed by atoms with Crippen molar-refractivity contribution in [3.8, 4) is 0 Å². The number of nitrogens with zero attached hydrogens (tertiary/aromatic N) is 2. The maximum absolute atomic E-state index is 13.4. The fourth-order valence-electron chi connectivity index (χ4n) is 3.55. The van der Waals surface area contributed by atoms with Crippen molar-refractivity contribution in [2.24, 2.45) is 5.92 Å². The number of benzene rings is 1. The van der Waals surface area contributed by atoms with Gasteiger partial charge in [-0.25, -0.2) is 18.9 Å². The van der Waals surface area contributed by atoms with Crippen LogP contribution >= 0.6 is 11.3 Å². The number of carbonyl (C=O) groups excluding carboxylic acids is 1. The van der Waals surface area contributed by atoms with Gasteiger partial charge in [0.15, 0.2) is 5.13 Å². The van der Waals surface area contributed by atoms with Crippen molar-refractivity contribution in [3.05, 3.63) is 24.0 Å². The molecule has 31 heavy (non-hydrogen) atoms. The Balaban J connectivity index is 1.59. The molecule has 1 fully saturated rings. The van der Waals surface area contributed by atoms with Gasteiger partial charge >= 0.3 is 16.3 Å². The number of ether oxygens (including phenoxy) is 1. The SMILES string of the molecule is CNS(=O)(=O)N(CC1CCC(Nc2nc3ccc(F)cc3s2)CC1)C(=O)OC(C)(C)C. The first-order valence-electron chi connectivity index (χ1n) is 10.2.